The molecule has 0 aromatic heterocycles. The highest BCUT2D eigenvalue weighted by Gasteiger charge is 2.44. The first-order valence-electron chi connectivity index (χ1n) is 6.31. The smallest absolute Gasteiger partial charge is 0.220 e. The Labute approximate surface area is 92.0 Å². The number of carbonyl (C=O) groups is 1. The lowest BCUT2D eigenvalue weighted by atomic mass is 9.78. The van der Waals surface area contributed by atoms with Crippen LogP contribution in [0.3, 0.4) is 0 Å². The van der Waals surface area contributed by atoms with Gasteiger partial charge in [0.25, 0.3) is 0 Å². The first kappa shape index (κ1) is 10.9. The van der Waals surface area contributed by atoms with Crippen LogP contribution in [0.1, 0.15) is 51.9 Å². The standard InChI is InChI=1S/C12H22N2O/c1-2-5-11(15)14-12-7-4-3-6-10(12)13-9-8-12/h10,13H,2-9H2,1H3,(H,14,15). The van der Waals surface area contributed by atoms with Crippen LogP contribution in [0.2, 0.25) is 0 Å². The van der Waals surface area contributed by atoms with Gasteiger partial charge in [-0.2, -0.15) is 0 Å². The maximum Gasteiger partial charge on any atom is 0.220 e. The van der Waals surface area contributed by atoms with E-state index in [-0.39, 0.29) is 11.4 Å². The minimum absolute atomic E-state index is 0.102. The van der Waals surface area contributed by atoms with Gasteiger partial charge in [0.2, 0.25) is 5.91 Å². The Morgan fingerprint density at radius 2 is 2.33 bits per heavy atom. The van der Waals surface area contributed by atoms with Crippen LogP contribution in [0.15, 0.2) is 0 Å². The Hall–Kier alpha value is -0.570. The van der Waals surface area contributed by atoms with E-state index in [0.29, 0.717) is 12.5 Å². The Morgan fingerprint density at radius 3 is 3.13 bits per heavy atom. The summed E-state index contributed by atoms with van der Waals surface area (Å²) in [4.78, 5) is 11.7. The van der Waals surface area contributed by atoms with Gasteiger partial charge in [-0.3, -0.25) is 4.79 Å². The van der Waals surface area contributed by atoms with E-state index in [1.165, 1.54) is 25.7 Å². The fourth-order valence-corrected chi connectivity index (χ4v) is 3.08. The second kappa shape index (κ2) is 4.52. The molecular weight excluding hydrogens is 188 g/mol. The zero-order valence-electron chi connectivity index (χ0n) is 9.64. The molecule has 1 aliphatic carbocycles. The quantitative estimate of drug-likeness (QED) is 0.742. The summed E-state index contributed by atoms with van der Waals surface area (Å²) in [5, 5.41) is 6.83. The van der Waals surface area contributed by atoms with Crippen molar-refractivity contribution >= 4 is 5.91 Å². The van der Waals surface area contributed by atoms with E-state index in [1.807, 2.05) is 0 Å². The molecule has 0 radical (unpaired) electrons. The highest BCUT2D eigenvalue weighted by molar-refractivity contribution is 5.77. The molecule has 2 N–H and O–H groups in total. The third-order valence-corrected chi connectivity index (χ3v) is 3.86. The zero-order chi connectivity index (χ0) is 10.7. The third-order valence-electron chi connectivity index (χ3n) is 3.86. The summed E-state index contributed by atoms with van der Waals surface area (Å²) >= 11 is 0. The van der Waals surface area contributed by atoms with Gasteiger partial charge in [-0.15, -0.1) is 0 Å². The van der Waals surface area contributed by atoms with Crippen LogP contribution in [-0.4, -0.2) is 24.0 Å². The molecule has 3 nitrogen and oxygen atoms in total. The van der Waals surface area contributed by atoms with Crippen molar-refractivity contribution in [3.63, 3.8) is 0 Å². The van der Waals surface area contributed by atoms with Crippen molar-refractivity contribution in [1.29, 1.82) is 0 Å². The van der Waals surface area contributed by atoms with E-state index < -0.39 is 0 Å². The molecular formula is C12H22N2O. The molecule has 15 heavy (non-hydrogen) atoms. The average molecular weight is 210 g/mol. The Morgan fingerprint density at radius 1 is 1.47 bits per heavy atom. The van der Waals surface area contributed by atoms with Crippen LogP contribution in [0.4, 0.5) is 0 Å². The predicted molar refractivity (Wildman–Crippen MR) is 60.7 cm³/mol. The molecule has 2 aliphatic rings. The maximum absolute atomic E-state index is 11.7. The maximum atomic E-state index is 11.7. The minimum Gasteiger partial charge on any atom is -0.349 e. The highest BCUT2D eigenvalue weighted by Crippen LogP contribution is 2.34. The molecule has 2 atom stereocenters. The van der Waals surface area contributed by atoms with Crippen molar-refractivity contribution in [2.24, 2.45) is 0 Å². The lowest BCUT2D eigenvalue weighted by Gasteiger charge is -2.39. The molecule has 0 aromatic carbocycles. The van der Waals surface area contributed by atoms with Crippen LogP contribution in [0.5, 0.6) is 0 Å². The van der Waals surface area contributed by atoms with Gasteiger partial charge in [-0.05, 0) is 32.2 Å². The number of nitrogens with one attached hydrogen (secondary N) is 2. The minimum atomic E-state index is 0.102. The summed E-state index contributed by atoms with van der Waals surface area (Å²) < 4.78 is 0. The molecule has 0 bridgehead atoms. The topological polar surface area (TPSA) is 41.1 Å². The molecule has 1 saturated heterocycles. The second-order valence-corrected chi connectivity index (χ2v) is 4.96. The molecule has 0 aromatic rings. The van der Waals surface area contributed by atoms with E-state index in [0.717, 1.165) is 19.4 Å². The molecule has 1 amide bonds. The molecule has 1 heterocycles. The number of fused-ring (bicyclic) bond motifs is 1. The van der Waals surface area contributed by atoms with Gasteiger partial charge >= 0.3 is 0 Å². The van der Waals surface area contributed by atoms with Crippen molar-refractivity contribution in [3.05, 3.63) is 0 Å². The van der Waals surface area contributed by atoms with Crippen molar-refractivity contribution in [3.8, 4) is 0 Å². The van der Waals surface area contributed by atoms with Crippen LogP contribution in [0.25, 0.3) is 0 Å². The molecule has 2 rings (SSSR count). The van der Waals surface area contributed by atoms with Crippen LogP contribution < -0.4 is 10.6 Å². The Bertz CT molecular complexity index is 242. The summed E-state index contributed by atoms with van der Waals surface area (Å²) in [6.07, 6.45) is 7.71. The van der Waals surface area contributed by atoms with E-state index in [2.05, 4.69) is 17.6 Å². The third kappa shape index (κ3) is 2.17. The summed E-state index contributed by atoms with van der Waals surface area (Å²) in [7, 11) is 0. The normalized spacial score (nSPS) is 34.9. The van der Waals surface area contributed by atoms with Crippen molar-refractivity contribution in [2.45, 2.75) is 63.5 Å². The number of carbonyl (C=O) groups excluding carboxylic acids is 1. The summed E-state index contributed by atoms with van der Waals surface area (Å²) in [5.41, 5.74) is 0.102. The fourth-order valence-electron chi connectivity index (χ4n) is 3.08. The Balaban J connectivity index is 1.99. The van der Waals surface area contributed by atoms with E-state index >= 15 is 0 Å². The van der Waals surface area contributed by atoms with Crippen molar-refractivity contribution < 1.29 is 4.79 Å². The molecule has 86 valence electrons. The van der Waals surface area contributed by atoms with Gasteiger partial charge in [-0.25, -0.2) is 0 Å². The van der Waals surface area contributed by atoms with Gasteiger partial charge in [0.1, 0.15) is 0 Å². The number of hydrogen-bond donors (Lipinski definition) is 2. The zero-order valence-corrected chi connectivity index (χ0v) is 9.64. The van der Waals surface area contributed by atoms with Gasteiger partial charge in [0.05, 0.1) is 5.54 Å². The van der Waals surface area contributed by atoms with E-state index in [1.54, 1.807) is 0 Å². The van der Waals surface area contributed by atoms with Gasteiger partial charge < -0.3 is 10.6 Å². The Kier molecular flexibility index (Phi) is 3.29. The van der Waals surface area contributed by atoms with Gasteiger partial charge in [0, 0.05) is 12.5 Å². The largest absolute Gasteiger partial charge is 0.349 e. The molecule has 1 saturated carbocycles. The van der Waals surface area contributed by atoms with Gasteiger partial charge in [-0.1, -0.05) is 19.8 Å². The summed E-state index contributed by atoms with van der Waals surface area (Å²) in [6.45, 7) is 3.12. The molecule has 2 unspecified atom stereocenters. The van der Waals surface area contributed by atoms with E-state index in [9.17, 15) is 4.79 Å². The summed E-state index contributed by atoms with van der Waals surface area (Å²) in [5.74, 6) is 0.244. The van der Waals surface area contributed by atoms with Crippen LogP contribution in [0, 0.1) is 0 Å². The lowest BCUT2D eigenvalue weighted by molar-refractivity contribution is -0.123. The monoisotopic (exact) mass is 210 g/mol. The molecule has 3 heteroatoms. The first-order valence-corrected chi connectivity index (χ1v) is 6.31. The average Bonchev–Trinajstić information content (AvgIpc) is 2.61. The number of rotatable bonds is 3. The summed E-state index contributed by atoms with van der Waals surface area (Å²) in [6, 6.07) is 0.534. The van der Waals surface area contributed by atoms with E-state index in [4.69, 9.17) is 0 Å². The molecule has 0 spiro atoms. The highest BCUT2D eigenvalue weighted by atomic mass is 16.1. The van der Waals surface area contributed by atoms with Crippen LogP contribution >= 0.6 is 0 Å². The second-order valence-electron chi connectivity index (χ2n) is 4.96. The molecule has 1 aliphatic heterocycles. The first-order chi connectivity index (χ1) is 7.27. The van der Waals surface area contributed by atoms with Crippen molar-refractivity contribution in [2.75, 3.05) is 6.54 Å². The fraction of sp³-hybridized carbons (Fsp3) is 0.917. The van der Waals surface area contributed by atoms with Crippen LogP contribution in [-0.2, 0) is 4.79 Å². The molecule has 2 fully saturated rings. The predicted octanol–water partition coefficient (Wildman–Crippen LogP) is 1.58. The number of hydrogen-bond acceptors (Lipinski definition) is 2. The van der Waals surface area contributed by atoms with Gasteiger partial charge in [0.15, 0.2) is 0 Å². The SMILES string of the molecule is CCCC(=O)NC12CCCCC1NCC2. The lowest BCUT2D eigenvalue weighted by Crippen LogP contribution is -2.57. The number of amides is 1. The van der Waals surface area contributed by atoms with Crippen molar-refractivity contribution in [1.82, 2.24) is 10.6 Å².